The fraction of sp³-hybridized carbons (Fsp3) is 0.684. The minimum atomic E-state index is -0.179. The van der Waals surface area contributed by atoms with Crippen molar-refractivity contribution in [2.24, 2.45) is 0 Å². The van der Waals surface area contributed by atoms with Crippen LogP contribution in [-0.4, -0.2) is 35.8 Å². The number of aromatic hydroxyl groups is 1. The van der Waals surface area contributed by atoms with Gasteiger partial charge < -0.3 is 10.0 Å². The van der Waals surface area contributed by atoms with Gasteiger partial charge in [-0.3, -0.25) is 4.39 Å². The molecular weight excluding hydrogens is 276 g/mol. The number of phenols is 1. The lowest BCUT2D eigenvalue weighted by Gasteiger charge is -2.35. The Morgan fingerprint density at radius 3 is 2.73 bits per heavy atom. The molecule has 1 atom stereocenters. The van der Waals surface area contributed by atoms with Crippen molar-refractivity contribution in [3.8, 4) is 5.75 Å². The predicted octanol–water partition coefficient (Wildman–Crippen LogP) is 4.49. The number of nitrogens with zero attached hydrogens (tertiary/aromatic N) is 1. The van der Waals surface area contributed by atoms with E-state index in [2.05, 4.69) is 17.9 Å². The average Bonchev–Trinajstić information content (AvgIpc) is 2.53. The van der Waals surface area contributed by atoms with Gasteiger partial charge in [-0.05, 0) is 74.9 Å². The number of unbranched alkanes of at least 4 members (excludes halogenated alkanes) is 3. The summed E-state index contributed by atoms with van der Waals surface area (Å²) in [6.07, 6.45) is 8.58. The molecule has 0 aromatic heterocycles. The normalized spacial score (nSPS) is 17.7. The van der Waals surface area contributed by atoms with Crippen molar-refractivity contribution in [1.29, 1.82) is 0 Å². The molecule has 3 heteroatoms. The van der Waals surface area contributed by atoms with Crippen LogP contribution < -0.4 is 0 Å². The lowest BCUT2D eigenvalue weighted by atomic mass is 9.87. The molecule has 2 nitrogen and oxygen atoms in total. The van der Waals surface area contributed by atoms with E-state index in [0.29, 0.717) is 18.2 Å². The maximum Gasteiger partial charge on any atom is 0.115 e. The summed E-state index contributed by atoms with van der Waals surface area (Å²) in [5.41, 5.74) is 2.71. The maximum atomic E-state index is 12.1. The van der Waals surface area contributed by atoms with Crippen LogP contribution in [0.1, 0.15) is 56.6 Å². The van der Waals surface area contributed by atoms with E-state index in [9.17, 15) is 9.50 Å². The van der Waals surface area contributed by atoms with Crippen LogP contribution in [0, 0.1) is 0 Å². The zero-order valence-corrected chi connectivity index (χ0v) is 13.9. The minimum absolute atomic E-state index is 0.179. The van der Waals surface area contributed by atoms with Crippen molar-refractivity contribution in [3.63, 3.8) is 0 Å². The third-order valence-electron chi connectivity index (χ3n) is 4.75. The molecule has 1 aliphatic rings. The van der Waals surface area contributed by atoms with E-state index in [4.69, 9.17) is 0 Å². The summed E-state index contributed by atoms with van der Waals surface area (Å²) in [6, 6.07) is 6.40. The Kier molecular flexibility index (Phi) is 7.17. The highest BCUT2D eigenvalue weighted by Crippen LogP contribution is 2.27. The summed E-state index contributed by atoms with van der Waals surface area (Å²) in [6.45, 7) is 4.32. The van der Waals surface area contributed by atoms with Gasteiger partial charge >= 0.3 is 0 Å². The summed E-state index contributed by atoms with van der Waals surface area (Å²) < 4.78 is 12.1. The van der Waals surface area contributed by atoms with Crippen molar-refractivity contribution in [3.05, 3.63) is 29.3 Å². The first-order valence-corrected chi connectivity index (χ1v) is 8.85. The molecule has 0 fully saturated rings. The van der Waals surface area contributed by atoms with Crippen LogP contribution in [0.3, 0.4) is 0 Å². The highest BCUT2D eigenvalue weighted by atomic mass is 18.2. The summed E-state index contributed by atoms with van der Waals surface area (Å²) in [4.78, 5) is 2.61. The van der Waals surface area contributed by atoms with Crippen LogP contribution in [0.4, 0.5) is 4.39 Å². The fourth-order valence-corrected chi connectivity index (χ4v) is 3.56. The van der Waals surface area contributed by atoms with E-state index in [1.165, 1.54) is 30.4 Å². The number of phenolic OH excluding ortho intramolecular Hbond substituents is 1. The molecule has 1 aromatic carbocycles. The van der Waals surface area contributed by atoms with Gasteiger partial charge in [-0.15, -0.1) is 0 Å². The number of hydrogen-bond donors (Lipinski definition) is 1. The monoisotopic (exact) mass is 306 g/mol. The van der Waals surface area contributed by atoms with Gasteiger partial charge in [0.2, 0.25) is 0 Å². The Bertz CT molecular complexity index is 449. The summed E-state index contributed by atoms with van der Waals surface area (Å²) in [5, 5.41) is 9.70. The van der Waals surface area contributed by atoms with Crippen molar-refractivity contribution in [2.45, 2.75) is 64.3 Å². The van der Waals surface area contributed by atoms with E-state index in [-0.39, 0.29) is 6.67 Å². The smallest absolute Gasteiger partial charge is 0.115 e. The molecule has 124 valence electrons. The van der Waals surface area contributed by atoms with Crippen LogP contribution in [-0.2, 0) is 12.8 Å². The highest BCUT2D eigenvalue weighted by molar-refractivity contribution is 5.37. The molecular formula is C19H30FNO. The number of rotatable bonds is 9. The van der Waals surface area contributed by atoms with Crippen LogP contribution in [0.25, 0.3) is 0 Å². The molecule has 0 radical (unpaired) electrons. The van der Waals surface area contributed by atoms with Gasteiger partial charge in [-0.2, -0.15) is 0 Å². The second-order valence-corrected chi connectivity index (χ2v) is 6.49. The van der Waals surface area contributed by atoms with E-state index in [1.807, 2.05) is 6.07 Å². The van der Waals surface area contributed by atoms with Crippen molar-refractivity contribution in [2.75, 3.05) is 19.8 Å². The molecule has 0 aliphatic heterocycles. The zero-order valence-electron chi connectivity index (χ0n) is 13.9. The van der Waals surface area contributed by atoms with Gasteiger partial charge in [-0.1, -0.05) is 25.8 Å². The molecule has 0 saturated carbocycles. The second-order valence-electron chi connectivity index (χ2n) is 6.49. The van der Waals surface area contributed by atoms with E-state index in [0.717, 1.165) is 38.8 Å². The van der Waals surface area contributed by atoms with Crippen molar-refractivity contribution in [1.82, 2.24) is 4.90 Å². The van der Waals surface area contributed by atoms with Crippen LogP contribution >= 0.6 is 0 Å². The van der Waals surface area contributed by atoms with Crippen LogP contribution in [0.5, 0.6) is 5.75 Å². The summed E-state index contributed by atoms with van der Waals surface area (Å²) in [7, 11) is 0. The molecule has 2 rings (SSSR count). The Balaban J connectivity index is 1.89. The topological polar surface area (TPSA) is 23.5 Å². The Morgan fingerprint density at radius 1 is 1.14 bits per heavy atom. The first kappa shape index (κ1) is 17.3. The van der Waals surface area contributed by atoms with Crippen LogP contribution in [0.2, 0.25) is 0 Å². The molecule has 1 unspecified atom stereocenters. The number of fused-ring (bicyclic) bond motifs is 1. The molecule has 1 aliphatic carbocycles. The van der Waals surface area contributed by atoms with E-state index in [1.54, 1.807) is 6.07 Å². The van der Waals surface area contributed by atoms with Gasteiger partial charge in [0.05, 0.1) is 6.67 Å². The standard InChI is InChI=1S/C19H30FNO/c1-2-12-21(13-6-4-3-5-11-20)18-9-7-16-8-10-19(22)15-17(16)14-18/h8,10,15,18,22H,2-7,9,11-14H2,1H3/i20-1. The molecule has 22 heavy (non-hydrogen) atoms. The molecule has 0 saturated heterocycles. The molecule has 1 aromatic rings. The van der Waals surface area contributed by atoms with Gasteiger partial charge in [-0.25, -0.2) is 0 Å². The lowest BCUT2D eigenvalue weighted by molar-refractivity contribution is 0.175. The highest BCUT2D eigenvalue weighted by Gasteiger charge is 2.23. The Labute approximate surface area is 134 Å². The second kappa shape index (κ2) is 9.14. The van der Waals surface area contributed by atoms with Crippen molar-refractivity contribution < 1.29 is 9.50 Å². The Morgan fingerprint density at radius 2 is 1.95 bits per heavy atom. The molecule has 1 N–H and O–H groups in total. The maximum absolute atomic E-state index is 12.1. The fourth-order valence-electron chi connectivity index (χ4n) is 3.56. The lowest BCUT2D eigenvalue weighted by Crippen LogP contribution is -2.40. The number of alkyl halides is 1. The molecule has 0 bridgehead atoms. The minimum Gasteiger partial charge on any atom is -0.508 e. The van der Waals surface area contributed by atoms with Crippen molar-refractivity contribution >= 4 is 0 Å². The molecule has 0 amide bonds. The molecule has 0 heterocycles. The van der Waals surface area contributed by atoms with Gasteiger partial charge in [0.25, 0.3) is 0 Å². The largest absolute Gasteiger partial charge is 0.508 e. The number of halogens is 1. The SMILES string of the molecule is CCCN(CCCCCC[18F])C1CCc2ccc(O)cc2C1. The average molecular weight is 306 g/mol. The zero-order chi connectivity index (χ0) is 15.8. The summed E-state index contributed by atoms with van der Waals surface area (Å²) >= 11 is 0. The van der Waals surface area contributed by atoms with Crippen LogP contribution in [0.15, 0.2) is 18.2 Å². The predicted molar refractivity (Wildman–Crippen MR) is 90.2 cm³/mol. The number of benzene rings is 1. The number of aryl methyl sites for hydroxylation is 1. The molecule has 0 spiro atoms. The number of hydrogen-bond acceptors (Lipinski definition) is 2. The first-order valence-electron chi connectivity index (χ1n) is 8.85. The van der Waals surface area contributed by atoms with Gasteiger partial charge in [0, 0.05) is 6.04 Å². The third-order valence-corrected chi connectivity index (χ3v) is 4.75. The van der Waals surface area contributed by atoms with E-state index >= 15 is 0 Å². The summed E-state index contributed by atoms with van der Waals surface area (Å²) in [5.74, 6) is 0.382. The van der Waals surface area contributed by atoms with Gasteiger partial charge in [0.1, 0.15) is 5.75 Å². The Hall–Kier alpha value is -1.09. The first-order chi connectivity index (χ1) is 10.7. The quantitative estimate of drug-likeness (QED) is 0.679. The van der Waals surface area contributed by atoms with E-state index < -0.39 is 0 Å². The van der Waals surface area contributed by atoms with Gasteiger partial charge in [0.15, 0.2) is 0 Å². The third kappa shape index (κ3) is 4.98.